The summed E-state index contributed by atoms with van der Waals surface area (Å²) in [4.78, 5) is 0. The van der Waals surface area contributed by atoms with Crippen LogP contribution in [0.4, 0.5) is 0 Å². The smallest absolute Gasteiger partial charge is 0.217 e. The van der Waals surface area contributed by atoms with Gasteiger partial charge in [0.25, 0.3) is 0 Å². The molecule has 0 radical (unpaired) electrons. The Hall–Kier alpha value is -2.88. The topological polar surface area (TPSA) is 114 Å². The number of rotatable bonds is 1. The Bertz CT molecular complexity index is 1070. The molecule has 1 saturated carbocycles. The lowest BCUT2D eigenvalue weighted by atomic mass is 9.49. The van der Waals surface area contributed by atoms with Gasteiger partial charge in [0.05, 0.1) is 24.1 Å². The van der Waals surface area contributed by atoms with Gasteiger partial charge in [-0.2, -0.15) is 15.8 Å². The van der Waals surface area contributed by atoms with Gasteiger partial charge in [-0.3, -0.25) is 5.41 Å². The molecule has 6 nitrogen and oxygen atoms in total. The Labute approximate surface area is 183 Å². The number of nitrogens with one attached hydrogen (secondary N) is 1. The minimum Gasteiger partial charge on any atom is -0.447 e. The van der Waals surface area contributed by atoms with Gasteiger partial charge in [-0.15, -0.1) is 0 Å². The first-order valence-corrected chi connectivity index (χ1v) is 10.8. The molecule has 160 valence electrons. The monoisotopic (exact) mass is 416 g/mol. The molecule has 5 unspecified atom stereocenters. The van der Waals surface area contributed by atoms with Crippen LogP contribution in [0.15, 0.2) is 18.2 Å². The van der Waals surface area contributed by atoms with E-state index in [4.69, 9.17) is 14.9 Å². The number of nitrogens with zero attached hydrogens (tertiary/aromatic N) is 3. The molecular weight excluding hydrogens is 388 g/mol. The highest BCUT2D eigenvalue weighted by atomic mass is 16.7. The fourth-order valence-electron chi connectivity index (χ4n) is 5.95. The maximum atomic E-state index is 10.5. The third kappa shape index (κ3) is 2.54. The molecule has 0 spiro atoms. The van der Waals surface area contributed by atoms with E-state index in [1.807, 2.05) is 32.0 Å². The summed E-state index contributed by atoms with van der Waals surface area (Å²) >= 11 is 0. The average Bonchev–Trinajstić information content (AvgIpc) is 2.93. The highest BCUT2D eigenvalue weighted by molar-refractivity contribution is 5.89. The van der Waals surface area contributed by atoms with Gasteiger partial charge in [0.15, 0.2) is 5.41 Å². The largest absolute Gasteiger partial charge is 0.447 e. The van der Waals surface area contributed by atoms with Gasteiger partial charge in [0, 0.05) is 6.42 Å². The van der Waals surface area contributed by atoms with E-state index in [1.54, 1.807) is 0 Å². The van der Waals surface area contributed by atoms with Crippen molar-refractivity contribution in [3.8, 4) is 18.2 Å². The maximum absolute atomic E-state index is 10.5. The van der Waals surface area contributed by atoms with Crippen LogP contribution in [-0.4, -0.2) is 11.7 Å². The first-order valence-electron chi connectivity index (χ1n) is 10.8. The lowest BCUT2D eigenvalue weighted by Crippen LogP contribution is -2.61. The Balaban J connectivity index is 1.98. The van der Waals surface area contributed by atoms with Crippen molar-refractivity contribution in [3.05, 3.63) is 34.9 Å². The molecular formula is C25H28N4O2. The second-order valence-corrected chi connectivity index (χ2v) is 10.4. The minimum atomic E-state index is -1.89. The Morgan fingerprint density at radius 1 is 1.10 bits per heavy atom. The summed E-state index contributed by atoms with van der Waals surface area (Å²) in [6, 6.07) is 12.4. The van der Waals surface area contributed by atoms with Gasteiger partial charge in [0.2, 0.25) is 17.1 Å². The zero-order valence-corrected chi connectivity index (χ0v) is 18.7. The molecule has 2 saturated heterocycles. The molecule has 3 aliphatic rings. The van der Waals surface area contributed by atoms with E-state index >= 15 is 0 Å². The van der Waals surface area contributed by atoms with Crippen molar-refractivity contribution in [1.82, 2.24) is 0 Å². The molecule has 2 aliphatic heterocycles. The summed E-state index contributed by atoms with van der Waals surface area (Å²) in [5, 5.41) is 40.1. The van der Waals surface area contributed by atoms with Gasteiger partial charge >= 0.3 is 0 Å². The number of hydrogen-bond acceptors (Lipinski definition) is 6. The number of hydrogen-bond donors (Lipinski definition) is 1. The number of benzene rings is 1. The standard InChI is InChI=1S/C25H28N4O2/c1-15-6-7-16(2)18(10-15)20-23(12-26,13-27)24(14-28)19-11-17(22(3,4)5)8-9-25(19,30-20)31-21(24)29/h6-7,10,17,19-20,29H,8-9,11H2,1-5H3. The van der Waals surface area contributed by atoms with Crippen molar-refractivity contribution < 1.29 is 9.47 Å². The van der Waals surface area contributed by atoms with E-state index in [0.717, 1.165) is 17.5 Å². The zero-order chi connectivity index (χ0) is 22.8. The summed E-state index contributed by atoms with van der Waals surface area (Å²) in [7, 11) is 0. The van der Waals surface area contributed by atoms with Gasteiger partial charge in [-0.1, -0.05) is 44.5 Å². The molecule has 31 heavy (non-hydrogen) atoms. The molecule has 5 atom stereocenters. The average molecular weight is 417 g/mol. The summed E-state index contributed by atoms with van der Waals surface area (Å²) in [6.07, 6.45) is 0.955. The molecule has 0 amide bonds. The van der Waals surface area contributed by atoms with Crippen LogP contribution in [0.1, 0.15) is 62.8 Å². The molecule has 2 heterocycles. The maximum Gasteiger partial charge on any atom is 0.217 e. The van der Waals surface area contributed by atoms with Crippen molar-refractivity contribution in [3.63, 3.8) is 0 Å². The summed E-state index contributed by atoms with van der Waals surface area (Å²) in [5.74, 6) is -1.74. The van der Waals surface area contributed by atoms with Gasteiger partial charge in [-0.05, 0) is 49.1 Å². The second kappa shape index (κ2) is 6.56. The van der Waals surface area contributed by atoms with Crippen LogP contribution in [0.2, 0.25) is 0 Å². The zero-order valence-electron chi connectivity index (χ0n) is 18.7. The van der Waals surface area contributed by atoms with Crippen LogP contribution in [0.5, 0.6) is 0 Å². The number of ether oxygens (including phenoxy) is 2. The van der Waals surface area contributed by atoms with Crippen molar-refractivity contribution in [2.24, 2.45) is 28.1 Å². The number of aryl methyl sites for hydroxylation is 2. The van der Waals surface area contributed by atoms with E-state index < -0.39 is 28.6 Å². The highest BCUT2D eigenvalue weighted by Crippen LogP contribution is 2.70. The van der Waals surface area contributed by atoms with Crippen LogP contribution >= 0.6 is 0 Å². The highest BCUT2D eigenvalue weighted by Gasteiger charge is 2.81. The SMILES string of the molecule is Cc1ccc(C)c(C2OC34CCC(C(C)(C)C)CC3C(C#N)(C(=N)O4)C2(C#N)C#N)c1. The molecule has 6 heteroatoms. The molecule has 1 aliphatic carbocycles. The Morgan fingerprint density at radius 3 is 2.35 bits per heavy atom. The lowest BCUT2D eigenvalue weighted by molar-refractivity contribution is -0.301. The molecule has 1 N–H and O–H groups in total. The van der Waals surface area contributed by atoms with Crippen molar-refractivity contribution >= 4 is 5.90 Å². The summed E-state index contributed by atoms with van der Waals surface area (Å²) in [6.45, 7) is 10.3. The van der Waals surface area contributed by atoms with Crippen molar-refractivity contribution in [2.45, 2.75) is 65.8 Å². The van der Waals surface area contributed by atoms with Crippen molar-refractivity contribution in [2.75, 3.05) is 0 Å². The Morgan fingerprint density at radius 2 is 1.77 bits per heavy atom. The molecule has 1 aromatic rings. The third-order valence-corrected chi connectivity index (χ3v) is 7.85. The first kappa shape index (κ1) is 21.4. The molecule has 0 aromatic heterocycles. The third-order valence-electron chi connectivity index (χ3n) is 7.85. The fourth-order valence-corrected chi connectivity index (χ4v) is 5.95. The van der Waals surface area contributed by atoms with E-state index in [1.165, 1.54) is 0 Å². The van der Waals surface area contributed by atoms with Crippen molar-refractivity contribution in [1.29, 1.82) is 21.2 Å². The first-order chi connectivity index (χ1) is 14.5. The van der Waals surface area contributed by atoms with Crippen LogP contribution in [-0.2, 0) is 9.47 Å². The van der Waals surface area contributed by atoms with E-state index in [2.05, 4.69) is 39.0 Å². The van der Waals surface area contributed by atoms with E-state index in [-0.39, 0.29) is 17.2 Å². The van der Waals surface area contributed by atoms with Crippen LogP contribution in [0.3, 0.4) is 0 Å². The van der Waals surface area contributed by atoms with Gasteiger partial charge < -0.3 is 9.47 Å². The number of nitriles is 3. The predicted octanol–water partition coefficient (Wildman–Crippen LogP) is 5.08. The second-order valence-electron chi connectivity index (χ2n) is 10.4. The quantitative estimate of drug-likeness (QED) is 0.685. The Kier molecular flexibility index (Phi) is 4.52. The summed E-state index contributed by atoms with van der Waals surface area (Å²) in [5.41, 5.74) is -1.02. The van der Waals surface area contributed by atoms with Gasteiger partial charge in [0.1, 0.15) is 6.10 Å². The van der Waals surface area contributed by atoms with Crippen LogP contribution in [0, 0.1) is 81.3 Å². The van der Waals surface area contributed by atoms with E-state index in [9.17, 15) is 15.8 Å². The predicted molar refractivity (Wildman–Crippen MR) is 113 cm³/mol. The minimum absolute atomic E-state index is 0.00812. The normalized spacial score (nSPS) is 35.8. The fraction of sp³-hybridized carbons (Fsp3) is 0.600. The summed E-state index contributed by atoms with van der Waals surface area (Å²) < 4.78 is 12.6. The van der Waals surface area contributed by atoms with Crippen LogP contribution < -0.4 is 0 Å². The van der Waals surface area contributed by atoms with E-state index in [0.29, 0.717) is 18.4 Å². The lowest BCUT2D eigenvalue weighted by Gasteiger charge is -2.54. The molecule has 4 rings (SSSR count). The van der Waals surface area contributed by atoms with Crippen LogP contribution in [0.25, 0.3) is 0 Å². The molecule has 3 fully saturated rings. The molecule has 2 bridgehead atoms. The van der Waals surface area contributed by atoms with Gasteiger partial charge in [-0.25, -0.2) is 0 Å². The molecule has 1 aromatic carbocycles.